The standard InChI is InChI=1S/C9H8BrNO/c10-6-9(11-7-12)8-4-2-1-3-5-8/h1-5,9H,6H2/t9-/m1/s1. The number of isocyanates is 1. The van der Waals surface area contributed by atoms with Crippen molar-refractivity contribution >= 4 is 22.0 Å². The van der Waals surface area contributed by atoms with Crippen LogP contribution in [0, 0.1) is 0 Å². The first-order valence-electron chi connectivity index (χ1n) is 3.56. The van der Waals surface area contributed by atoms with Crippen LogP contribution in [0.15, 0.2) is 35.3 Å². The Morgan fingerprint density at radius 1 is 1.42 bits per heavy atom. The molecular weight excluding hydrogens is 218 g/mol. The molecule has 0 aliphatic rings. The van der Waals surface area contributed by atoms with Gasteiger partial charge in [0.15, 0.2) is 0 Å². The smallest absolute Gasteiger partial charge is 0.211 e. The number of alkyl halides is 1. The van der Waals surface area contributed by atoms with Gasteiger partial charge in [-0.15, -0.1) is 0 Å². The van der Waals surface area contributed by atoms with Crippen molar-refractivity contribution in [2.45, 2.75) is 6.04 Å². The van der Waals surface area contributed by atoms with Crippen LogP contribution in [0.3, 0.4) is 0 Å². The van der Waals surface area contributed by atoms with Crippen LogP contribution in [0.1, 0.15) is 11.6 Å². The lowest BCUT2D eigenvalue weighted by Gasteiger charge is -2.05. The van der Waals surface area contributed by atoms with E-state index in [0.717, 1.165) is 5.56 Å². The molecule has 1 aromatic carbocycles. The molecule has 0 aliphatic carbocycles. The van der Waals surface area contributed by atoms with Crippen LogP contribution in [0.2, 0.25) is 0 Å². The second kappa shape index (κ2) is 4.86. The molecule has 0 fully saturated rings. The van der Waals surface area contributed by atoms with Gasteiger partial charge in [-0.25, -0.2) is 4.79 Å². The average molecular weight is 226 g/mol. The summed E-state index contributed by atoms with van der Waals surface area (Å²) in [7, 11) is 0. The van der Waals surface area contributed by atoms with Crippen LogP contribution in [0.25, 0.3) is 0 Å². The van der Waals surface area contributed by atoms with E-state index >= 15 is 0 Å². The fourth-order valence-electron chi connectivity index (χ4n) is 0.937. The van der Waals surface area contributed by atoms with Gasteiger partial charge < -0.3 is 0 Å². The molecule has 2 nitrogen and oxygen atoms in total. The summed E-state index contributed by atoms with van der Waals surface area (Å²) in [4.78, 5) is 13.7. The van der Waals surface area contributed by atoms with Crippen molar-refractivity contribution in [1.82, 2.24) is 0 Å². The first kappa shape index (κ1) is 9.17. The number of carbonyl (C=O) groups excluding carboxylic acids is 1. The van der Waals surface area contributed by atoms with Crippen molar-refractivity contribution in [1.29, 1.82) is 0 Å². The second-order valence-corrected chi connectivity index (χ2v) is 2.95. The highest BCUT2D eigenvalue weighted by Gasteiger charge is 2.05. The SMILES string of the molecule is O=C=N[C@H](CBr)c1ccccc1. The Labute approximate surface area is 79.5 Å². The molecule has 1 atom stereocenters. The minimum Gasteiger partial charge on any atom is -0.211 e. The Bertz CT molecular complexity index is 280. The Balaban J connectivity index is 2.87. The van der Waals surface area contributed by atoms with Gasteiger partial charge >= 0.3 is 0 Å². The maximum Gasteiger partial charge on any atom is 0.235 e. The quantitative estimate of drug-likeness (QED) is 0.442. The van der Waals surface area contributed by atoms with Gasteiger partial charge in [0.2, 0.25) is 6.08 Å². The van der Waals surface area contributed by atoms with Crippen LogP contribution < -0.4 is 0 Å². The Morgan fingerprint density at radius 3 is 2.58 bits per heavy atom. The first-order valence-corrected chi connectivity index (χ1v) is 4.68. The van der Waals surface area contributed by atoms with Crippen LogP contribution in [-0.2, 0) is 4.79 Å². The fraction of sp³-hybridized carbons (Fsp3) is 0.222. The lowest BCUT2D eigenvalue weighted by molar-refractivity contribution is 0.560. The molecular formula is C9H8BrNO. The number of nitrogens with zero attached hydrogens (tertiary/aromatic N) is 1. The Hall–Kier alpha value is -0.920. The average Bonchev–Trinajstić information content (AvgIpc) is 2.15. The zero-order valence-electron chi connectivity index (χ0n) is 6.40. The summed E-state index contributed by atoms with van der Waals surface area (Å²) in [5, 5.41) is 0.645. The summed E-state index contributed by atoms with van der Waals surface area (Å²) < 4.78 is 0. The number of benzene rings is 1. The van der Waals surface area contributed by atoms with E-state index in [4.69, 9.17) is 0 Å². The highest BCUT2D eigenvalue weighted by Crippen LogP contribution is 2.18. The molecule has 0 spiro atoms. The van der Waals surface area contributed by atoms with Crippen molar-refractivity contribution in [2.24, 2.45) is 4.99 Å². The monoisotopic (exact) mass is 225 g/mol. The van der Waals surface area contributed by atoms with Gasteiger partial charge in [0.1, 0.15) is 0 Å². The molecule has 0 aliphatic heterocycles. The molecule has 1 rings (SSSR count). The van der Waals surface area contributed by atoms with Gasteiger partial charge in [0.05, 0.1) is 6.04 Å². The third kappa shape index (κ3) is 2.29. The van der Waals surface area contributed by atoms with Crippen molar-refractivity contribution in [3.05, 3.63) is 35.9 Å². The van der Waals surface area contributed by atoms with Crippen molar-refractivity contribution in [3.63, 3.8) is 0 Å². The van der Waals surface area contributed by atoms with Gasteiger partial charge in [0, 0.05) is 5.33 Å². The first-order chi connectivity index (χ1) is 5.88. The molecule has 0 N–H and O–H groups in total. The molecule has 0 aromatic heterocycles. The summed E-state index contributed by atoms with van der Waals surface area (Å²) in [6.45, 7) is 0. The summed E-state index contributed by atoms with van der Waals surface area (Å²) in [5.74, 6) is 0. The topological polar surface area (TPSA) is 29.4 Å². The number of halogens is 1. The van der Waals surface area contributed by atoms with E-state index in [1.807, 2.05) is 30.3 Å². The summed E-state index contributed by atoms with van der Waals surface area (Å²) in [6.07, 6.45) is 1.56. The van der Waals surface area contributed by atoms with E-state index < -0.39 is 0 Å². The molecule has 12 heavy (non-hydrogen) atoms. The minimum atomic E-state index is -0.108. The van der Waals surface area contributed by atoms with Crippen LogP contribution in [0.5, 0.6) is 0 Å². The molecule has 0 radical (unpaired) electrons. The Kier molecular flexibility index (Phi) is 3.71. The molecule has 0 saturated heterocycles. The number of rotatable bonds is 3. The van der Waals surface area contributed by atoms with Crippen LogP contribution in [-0.4, -0.2) is 11.4 Å². The van der Waals surface area contributed by atoms with Gasteiger partial charge in [-0.05, 0) is 5.56 Å². The van der Waals surface area contributed by atoms with E-state index in [1.165, 1.54) is 0 Å². The Morgan fingerprint density at radius 2 is 2.08 bits per heavy atom. The van der Waals surface area contributed by atoms with Crippen molar-refractivity contribution in [3.8, 4) is 0 Å². The van der Waals surface area contributed by atoms with E-state index in [9.17, 15) is 4.79 Å². The predicted molar refractivity (Wildman–Crippen MR) is 51.1 cm³/mol. The third-order valence-corrected chi connectivity index (χ3v) is 2.15. The van der Waals surface area contributed by atoms with Gasteiger partial charge in [-0.2, -0.15) is 4.99 Å². The summed E-state index contributed by atoms with van der Waals surface area (Å²) >= 11 is 3.28. The number of hydrogen-bond donors (Lipinski definition) is 0. The zero-order valence-corrected chi connectivity index (χ0v) is 7.99. The lowest BCUT2D eigenvalue weighted by atomic mass is 10.1. The normalized spacial score (nSPS) is 11.8. The number of aliphatic imine (C=N–C) groups is 1. The third-order valence-electron chi connectivity index (χ3n) is 1.54. The lowest BCUT2D eigenvalue weighted by Crippen LogP contribution is -1.95. The minimum absolute atomic E-state index is 0.108. The summed E-state index contributed by atoms with van der Waals surface area (Å²) in [5.41, 5.74) is 1.03. The van der Waals surface area contributed by atoms with E-state index in [1.54, 1.807) is 6.08 Å². The molecule has 0 amide bonds. The molecule has 0 heterocycles. The molecule has 1 aromatic rings. The van der Waals surface area contributed by atoms with E-state index in [0.29, 0.717) is 5.33 Å². The maximum atomic E-state index is 10.0. The predicted octanol–water partition coefficient (Wildman–Crippen LogP) is 2.46. The molecule has 0 unspecified atom stereocenters. The summed E-state index contributed by atoms with van der Waals surface area (Å²) in [6, 6.07) is 9.54. The molecule has 3 heteroatoms. The molecule has 0 saturated carbocycles. The van der Waals surface area contributed by atoms with Gasteiger partial charge in [-0.1, -0.05) is 46.3 Å². The van der Waals surface area contributed by atoms with Crippen LogP contribution in [0.4, 0.5) is 0 Å². The van der Waals surface area contributed by atoms with Gasteiger partial charge in [0.25, 0.3) is 0 Å². The van der Waals surface area contributed by atoms with Crippen molar-refractivity contribution < 1.29 is 4.79 Å². The van der Waals surface area contributed by atoms with Gasteiger partial charge in [-0.3, -0.25) is 0 Å². The molecule has 0 bridgehead atoms. The highest BCUT2D eigenvalue weighted by molar-refractivity contribution is 9.09. The van der Waals surface area contributed by atoms with Crippen LogP contribution >= 0.6 is 15.9 Å². The van der Waals surface area contributed by atoms with E-state index in [2.05, 4.69) is 20.9 Å². The molecule has 62 valence electrons. The van der Waals surface area contributed by atoms with E-state index in [-0.39, 0.29) is 6.04 Å². The highest BCUT2D eigenvalue weighted by atomic mass is 79.9. The fourth-order valence-corrected chi connectivity index (χ4v) is 1.46. The maximum absolute atomic E-state index is 10.0. The largest absolute Gasteiger partial charge is 0.235 e. The van der Waals surface area contributed by atoms with Crippen molar-refractivity contribution in [2.75, 3.05) is 5.33 Å². The second-order valence-electron chi connectivity index (χ2n) is 2.30. The number of hydrogen-bond acceptors (Lipinski definition) is 2. The zero-order chi connectivity index (χ0) is 8.81.